The molecule has 3 N–H and O–H groups in total. The number of hydrogen-bond donors (Lipinski definition) is 3. The number of nitrogens with zero attached hydrogens (tertiary/aromatic N) is 3. The second-order valence-electron chi connectivity index (χ2n) is 7.29. The molecular weight excluding hydrogens is 471 g/mol. The van der Waals surface area contributed by atoms with E-state index in [9.17, 15) is 12.8 Å². The number of hydrogen-bond acceptors (Lipinski definition) is 7. The van der Waals surface area contributed by atoms with E-state index in [1.54, 1.807) is 0 Å². The molecule has 1 aromatic heterocycles. The van der Waals surface area contributed by atoms with Gasteiger partial charge in [-0.3, -0.25) is 4.90 Å². The summed E-state index contributed by atoms with van der Waals surface area (Å²) in [7, 11) is -2.45. The number of aliphatic carboxylic acids is 2. The molecule has 0 unspecified atom stereocenters. The number of sulfonamides is 1. The lowest BCUT2D eigenvalue weighted by Gasteiger charge is -2.33. The Morgan fingerprint density at radius 1 is 1.09 bits per heavy atom. The van der Waals surface area contributed by atoms with Gasteiger partial charge in [0, 0.05) is 26.2 Å². The Hall–Kier alpha value is -3.55. The van der Waals surface area contributed by atoms with Gasteiger partial charge in [0.05, 0.1) is 24.7 Å². The van der Waals surface area contributed by atoms with Crippen LogP contribution in [0.1, 0.15) is 5.82 Å². The van der Waals surface area contributed by atoms with Crippen LogP contribution < -0.4 is 4.74 Å². The molecule has 1 fully saturated rings. The predicted molar refractivity (Wildman–Crippen MR) is 118 cm³/mol. The summed E-state index contributed by atoms with van der Waals surface area (Å²) in [4.78, 5) is 28.1. The summed E-state index contributed by atoms with van der Waals surface area (Å²) < 4.78 is 46.0. The number of aromatic nitrogens is 2. The van der Waals surface area contributed by atoms with Crippen LogP contribution in [-0.4, -0.2) is 83.0 Å². The molecule has 0 spiro atoms. The molecule has 2 heterocycles. The van der Waals surface area contributed by atoms with Crippen molar-refractivity contribution in [3.05, 3.63) is 54.1 Å². The molecule has 13 heteroatoms. The number of H-pyrrole nitrogens is 1. The number of piperazine rings is 1. The number of methoxy groups -OCH3 is 1. The minimum atomic E-state index is -3.83. The summed E-state index contributed by atoms with van der Waals surface area (Å²) in [5.74, 6) is -3.26. The third-order valence-electron chi connectivity index (χ3n) is 5.07. The second kappa shape index (κ2) is 10.6. The molecule has 4 rings (SSSR count). The van der Waals surface area contributed by atoms with E-state index >= 15 is 0 Å². The zero-order valence-corrected chi connectivity index (χ0v) is 19.0. The van der Waals surface area contributed by atoms with Crippen molar-refractivity contribution in [2.75, 3.05) is 33.3 Å². The summed E-state index contributed by atoms with van der Waals surface area (Å²) >= 11 is 0. The number of nitrogens with one attached hydrogen (secondary N) is 1. The molecule has 0 aliphatic carbocycles. The van der Waals surface area contributed by atoms with Crippen LogP contribution in [0.2, 0.25) is 0 Å². The molecule has 182 valence electrons. The lowest BCUT2D eigenvalue weighted by atomic mass is 10.3. The fourth-order valence-electron chi connectivity index (χ4n) is 3.41. The number of carbonyl (C=O) groups is 2. The summed E-state index contributed by atoms with van der Waals surface area (Å²) in [6.45, 7) is 2.39. The van der Waals surface area contributed by atoms with Crippen LogP contribution in [0.4, 0.5) is 4.39 Å². The average Bonchev–Trinajstić information content (AvgIpc) is 3.22. The lowest BCUT2D eigenvalue weighted by Crippen LogP contribution is -2.48. The standard InChI is InChI=1S/C19H21FN4O3S.C2H2O4/c1-27-17-7-6-14(20)12-18(17)28(25,26)24-10-8-23(9-11-24)13-19-21-15-4-2-3-5-16(15)22-19;3-1(4)2(5)6/h2-7,12H,8-11,13H2,1H3,(H,21,22);(H,3,4)(H,5,6). The molecule has 1 aliphatic heterocycles. The summed E-state index contributed by atoms with van der Waals surface area (Å²) in [5.41, 5.74) is 1.90. The normalized spacial score (nSPS) is 14.9. The Labute approximate surface area is 194 Å². The van der Waals surface area contributed by atoms with E-state index in [1.165, 1.54) is 23.5 Å². The molecule has 0 saturated carbocycles. The van der Waals surface area contributed by atoms with Gasteiger partial charge in [0.25, 0.3) is 0 Å². The highest BCUT2D eigenvalue weighted by molar-refractivity contribution is 7.89. The Kier molecular flexibility index (Phi) is 7.81. The topological polar surface area (TPSA) is 153 Å². The first-order chi connectivity index (χ1) is 16.1. The third kappa shape index (κ3) is 5.87. The van der Waals surface area contributed by atoms with Gasteiger partial charge in [-0.15, -0.1) is 0 Å². The van der Waals surface area contributed by atoms with Crippen LogP contribution in [0.5, 0.6) is 5.75 Å². The van der Waals surface area contributed by atoms with Gasteiger partial charge in [-0.2, -0.15) is 4.31 Å². The third-order valence-corrected chi connectivity index (χ3v) is 6.99. The Bertz CT molecular complexity index is 1240. The predicted octanol–water partition coefficient (Wildman–Crippen LogP) is 1.37. The first-order valence-corrected chi connectivity index (χ1v) is 11.5. The number of rotatable bonds is 5. The summed E-state index contributed by atoms with van der Waals surface area (Å²) in [6.07, 6.45) is 0. The minimum absolute atomic E-state index is 0.138. The number of imidazole rings is 1. The Morgan fingerprint density at radius 2 is 1.74 bits per heavy atom. The van der Waals surface area contributed by atoms with Crippen molar-refractivity contribution < 1.29 is 37.3 Å². The number of fused-ring (bicyclic) bond motifs is 1. The number of para-hydroxylation sites is 2. The SMILES string of the molecule is COc1ccc(F)cc1S(=O)(=O)N1CCN(Cc2nc3ccccc3[nH]2)CC1.O=C(O)C(=O)O. The maximum atomic E-state index is 13.6. The van der Waals surface area contributed by atoms with Crippen molar-refractivity contribution in [1.82, 2.24) is 19.2 Å². The van der Waals surface area contributed by atoms with Gasteiger partial charge < -0.3 is 19.9 Å². The fourth-order valence-corrected chi connectivity index (χ4v) is 5.00. The number of aromatic amines is 1. The van der Waals surface area contributed by atoms with E-state index in [-0.39, 0.29) is 10.6 Å². The Morgan fingerprint density at radius 3 is 2.32 bits per heavy atom. The van der Waals surface area contributed by atoms with Crippen LogP contribution in [0.15, 0.2) is 47.4 Å². The van der Waals surface area contributed by atoms with E-state index in [0.29, 0.717) is 32.7 Å². The van der Waals surface area contributed by atoms with Crippen LogP contribution in [-0.2, 0) is 26.2 Å². The van der Waals surface area contributed by atoms with Crippen molar-refractivity contribution in [3.63, 3.8) is 0 Å². The second-order valence-corrected chi connectivity index (χ2v) is 9.19. The maximum Gasteiger partial charge on any atom is 0.414 e. The first kappa shape index (κ1) is 25.1. The van der Waals surface area contributed by atoms with E-state index in [4.69, 9.17) is 24.5 Å². The van der Waals surface area contributed by atoms with Gasteiger partial charge in [-0.25, -0.2) is 27.4 Å². The first-order valence-electron chi connectivity index (χ1n) is 10.1. The molecule has 34 heavy (non-hydrogen) atoms. The van der Waals surface area contributed by atoms with E-state index in [1.807, 2.05) is 24.3 Å². The zero-order valence-electron chi connectivity index (χ0n) is 18.1. The average molecular weight is 495 g/mol. The molecule has 2 aromatic carbocycles. The smallest absolute Gasteiger partial charge is 0.414 e. The quantitative estimate of drug-likeness (QED) is 0.446. The van der Waals surface area contributed by atoms with Gasteiger partial charge in [-0.1, -0.05) is 12.1 Å². The van der Waals surface area contributed by atoms with Gasteiger partial charge in [0.2, 0.25) is 10.0 Å². The van der Waals surface area contributed by atoms with Crippen molar-refractivity contribution in [3.8, 4) is 5.75 Å². The molecule has 3 aromatic rings. The monoisotopic (exact) mass is 494 g/mol. The highest BCUT2D eigenvalue weighted by Gasteiger charge is 2.31. The molecule has 0 amide bonds. The molecule has 0 radical (unpaired) electrons. The van der Waals surface area contributed by atoms with Gasteiger partial charge in [0.1, 0.15) is 22.3 Å². The van der Waals surface area contributed by atoms with Crippen LogP contribution in [0.25, 0.3) is 11.0 Å². The van der Waals surface area contributed by atoms with Crippen LogP contribution in [0, 0.1) is 5.82 Å². The summed E-state index contributed by atoms with van der Waals surface area (Å²) in [6, 6.07) is 11.3. The van der Waals surface area contributed by atoms with Crippen molar-refractivity contribution in [2.24, 2.45) is 0 Å². The minimum Gasteiger partial charge on any atom is -0.495 e. The largest absolute Gasteiger partial charge is 0.495 e. The fraction of sp³-hybridized carbons (Fsp3) is 0.286. The number of carboxylic acids is 2. The van der Waals surface area contributed by atoms with Crippen molar-refractivity contribution in [2.45, 2.75) is 11.4 Å². The van der Waals surface area contributed by atoms with E-state index in [2.05, 4.69) is 14.9 Å². The molecule has 1 aliphatic rings. The van der Waals surface area contributed by atoms with Crippen LogP contribution >= 0.6 is 0 Å². The highest BCUT2D eigenvalue weighted by Crippen LogP contribution is 2.28. The highest BCUT2D eigenvalue weighted by atomic mass is 32.2. The van der Waals surface area contributed by atoms with Crippen LogP contribution in [0.3, 0.4) is 0 Å². The molecule has 0 bridgehead atoms. The zero-order chi connectivity index (χ0) is 24.9. The van der Waals surface area contributed by atoms with Crippen molar-refractivity contribution in [1.29, 1.82) is 0 Å². The van der Waals surface area contributed by atoms with E-state index in [0.717, 1.165) is 22.9 Å². The Balaban J connectivity index is 0.000000481. The van der Waals surface area contributed by atoms with Crippen molar-refractivity contribution >= 4 is 33.0 Å². The number of ether oxygens (including phenoxy) is 1. The number of benzene rings is 2. The molecule has 1 saturated heterocycles. The summed E-state index contributed by atoms with van der Waals surface area (Å²) in [5, 5.41) is 14.8. The van der Waals surface area contributed by atoms with Gasteiger partial charge >= 0.3 is 11.9 Å². The number of halogens is 1. The molecule has 11 nitrogen and oxygen atoms in total. The maximum absolute atomic E-state index is 13.6. The molecular formula is C21H23FN4O7S. The van der Waals surface area contributed by atoms with Gasteiger partial charge in [-0.05, 0) is 30.3 Å². The number of carboxylic acid groups (broad SMARTS) is 2. The lowest BCUT2D eigenvalue weighted by molar-refractivity contribution is -0.159. The van der Waals surface area contributed by atoms with E-state index < -0.39 is 27.8 Å². The molecule has 0 atom stereocenters. The van der Waals surface area contributed by atoms with Gasteiger partial charge in [0.15, 0.2) is 0 Å².